The molecule has 0 aromatic rings. The Hall–Kier alpha value is -1.30. The van der Waals surface area contributed by atoms with E-state index in [2.05, 4.69) is 5.32 Å². The van der Waals surface area contributed by atoms with Gasteiger partial charge >= 0.3 is 12.0 Å². The molecule has 114 valence electrons. The maximum absolute atomic E-state index is 12.4. The number of hydrogen-bond donors (Lipinski definition) is 2. The molecule has 1 saturated carbocycles. The first-order valence-corrected chi connectivity index (χ1v) is 7.22. The van der Waals surface area contributed by atoms with Crippen molar-refractivity contribution in [1.82, 2.24) is 10.2 Å². The van der Waals surface area contributed by atoms with Gasteiger partial charge in [-0.15, -0.1) is 0 Å². The van der Waals surface area contributed by atoms with Crippen LogP contribution in [0.5, 0.6) is 0 Å². The quantitative estimate of drug-likeness (QED) is 0.804. The fourth-order valence-corrected chi connectivity index (χ4v) is 3.03. The van der Waals surface area contributed by atoms with Crippen LogP contribution in [0.15, 0.2) is 0 Å². The third-order valence-electron chi connectivity index (χ3n) is 4.12. The van der Waals surface area contributed by atoms with E-state index in [-0.39, 0.29) is 18.2 Å². The zero-order valence-electron chi connectivity index (χ0n) is 12.4. The van der Waals surface area contributed by atoms with Gasteiger partial charge in [-0.3, -0.25) is 0 Å². The van der Waals surface area contributed by atoms with E-state index in [9.17, 15) is 14.7 Å². The normalized spacial score (nSPS) is 27.9. The Labute approximate surface area is 119 Å². The minimum atomic E-state index is -0.998. The minimum absolute atomic E-state index is 0.0955. The molecule has 2 rings (SSSR count). The minimum Gasteiger partial charge on any atom is -0.480 e. The number of fused-ring (bicyclic) bond motifs is 1. The molecule has 0 aromatic carbocycles. The Morgan fingerprint density at radius 1 is 1.35 bits per heavy atom. The number of carbonyl (C=O) groups excluding carboxylic acids is 1. The Balaban J connectivity index is 2.05. The molecule has 1 aliphatic heterocycles. The summed E-state index contributed by atoms with van der Waals surface area (Å²) in [5, 5.41) is 12.0. The van der Waals surface area contributed by atoms with Crippen LogP contribution in [0, 0.1) is 5.41 Å². The van der Waals surface area contributed by atoms with Crippen molar-refractivity contribution in [2.45, 2.75) is 58.2 Å². The Morgan fingerprint density at radius 3 is 2.65 bits per heavy atom. The molecule has 0 spiro atoms. The summed E-state index contributed by atoms with van der Waals surface area (Å²) >= 11 is 0. The predicted molar refractivity (Wildman–Crippen MR) is 73.5 cm³/mol. The molecule has 0 radical (unpaired) electrons. The van der Waals surface area contributed by atoms with Crippen molar-refractivity contribution in [1.29, 1.82) is 0 Å². The lowest BCUT2D eigenvalue weighted by molar-refractivity contribution is -0.142. The van der Waals surface area contributed by atoms with Crippen molar-refractivity contribution in [2.24, 2.45) is 5.41 Å². The van der Waals surface area contributed by atoms with Crippen LogP contribution in [0.25, 0.3) is 0 Å². The lowest BCUT2D eigenvalue weighted by atomic mass is 9.87. The van der Waals surface area contributed by atoms with Crippen molar-refractivity contribution >= 4 is 12.0 Å². The molecule has 1 heterocycles. The second kappa shape index (κ2) is 5.60. The highest BCUT2D eigenvalue weighted by Gasteiger charge is 2.40. The fourth-order valence-electron chi connectivity index (χ4n) is 3.03. The van der Waals surface area contributed by atoms with Crippen LogP contribution in [0.3, 0.4) is 0 Å². The van der Waals surface area contributed by atoms with Gasteiger partial charge < -0.3 is 20.1 Å². The van der Waals surface area contributed by atoms with Gasteiger partial charge in [0, 0.05) is 6.54 Å². The maximum atomic E-state index is 12.4. The number of nitrogens with one attached hydrogen (secondary N) is 1. The molecule has 1 saturated heterocycles. The fraction of sp³-hybridized carbons (Fsp3) is 0.857. The van der Waals surface area contributed by atoms with Crippen molar-refractivity contribution in [3.63, 3.8) is 0 Å². The predicted octanol–water partition coefficient (Wildman–Crippen LogP) is 1.45. The Morgan fingerprint density at radius 2 is 2.05 bits per heavy atom. The first-order valence-electron chi connectivity index (χ1n) is 7.22. The topological polar surface area (TPSA) is 78.9 Å². The van der Waals surface area contributed by atoms with E-state index in [1.54, 1.807) is 4.90 Å². The molecular formula is C14H24N2O4. The molecular weight excluding hydrogens is 260 g/mol. The van der Waals surface area contributed by atoms with Crippen LogP contribution in [0.2, 0.25) is 0 Å². The average Bonchev–Trinajstić information content (AvgIpc) is 2.81. The second-order valence-corrected chi connectivity index (χ2v) is 6.69. The Bertz CT molecular complexity index is 391. The summed E-state index contributed by atoms with van der Waals surface area (Å²) in [6, 6.07) is -1.08. The third-order valence-corrected chi connectivity index (χ3v) is 4.12. The zero-order chi connectivity index (χ0) is 14.9. The zero-order valence-corrected chi connectivity index (χ0v) is 12.4. The number of hydrogen-bond acceptors (Lipinski definition) is 3. The van der Waals surface area contributed by atoms with Gasteiger partial charge in [0.2, 0.25) is 0 Å². The van der Waals surface area contributed by atoms with Crippen molar-refractivity contribution < 1.29 is 19.4 Å². The molecule has 2 aliphatic rings. The standard InChI is InChI=1S/C14H24N2O4/c1-14(2,3)11(12(17)18)15-13(19)16-7-8-20-10-6-4-5-9(10)16/h9-11H,4-8H2,1-3H3,(H,15,19)(H,17,18). The van der Waals surface area contributed by atoms with Crippen LogP contribution in [-0.2, 0) is 9.53 Å². The first-order chi connectivity index (χ1) is 9.30. The number of urea groups is 1. The number of carboxylic acids is 1. The molecule has 3 atom stereocenters. The highest BCUT2D eigenvalue weighted by Crippen LogP contribution is 2.30. The summed E-state index contributed by atoms with van der Waals surface area (Å²) in [5.41, 5.74) is -0.525. The van der Waals surface area contributed by atoms with Gasteiger partial charge in [0.25, 0.3) is 0 Å². The van der Waals surface area contributed by atoms with Gasteiger partial charge in [-0.05, 0) is 24.7 Å². The summed E-state index contributed by atoms with van der Waals surface area (Å²) in [6.45, 7) is 6.49. The van der Waals surface area contributed by atoms with E-state index < -0.39 is 17.4 Å². The van der Waals surface area contributed by atoms with E-state index in [4.69, 9.17) is 4.74 Å². The number of rotatable bonds is 2. The lowest BCUT2D eigenvalue weighted by Crippen LogP contribution is -2.59. The summed E-state index contributed by atoms with van der Waals surface area (Å²) in [5.74, 6) is -0.998. The SMILES string of the molecule is CC(C)(C)C(NC(=O)N1CCOC2CCCC21)C(=O)O. The van der Waals surface area contributed by atoms with Crippen molar-refractivity contribution in [3.8, 4) is 0 Å². The average molecular weight is 284 g/mol. The number of carbonyl (C=O) groups is 2. The van der Waals surface area contributed by atoms with E-state index >= 15 is 0 Å². The molecule has 1 aliphatic carbocycles. The van der Waals surface area contributed by atoms with Crippen LogP contribution in [-0.4, -0.2) is 53.3 Å². The number of carboxylic acid groups (broad SMARTS) is 1. The van der Waals surface area contributed by atoms with E-state index in [0.29, 0.717) is 13.2 Å². The molecule has 0 aromatic heterocycles. The van der Waals surface area contributed by atoms with Gasteiger partial charge in [-0.1, -0.05) is 20.8 Å². The molecule has 3 unspecified atom stereocenters. The third kappa shape index (κ3) is 3.06. The van der Waals surface area contributed by atoms with E-state index in [0.717, 1.165) is 19.3 Å². The van der Waals surface area contributed by atoms with Crippen LogP contribution in [0.1, 0.15) is 40.0 Å². The van der Waals surface area contributed by atoms with Crippen LogP contribution in [0.4, 0.5) is 4.79 Å². The first kappa shape index (κ1) is 15.1. The highest BCUT2D eigenvalue weighted by molar-refractivity contribution is 5.83. The van der Waals surface area contributed by atoms with Gasteiger partial charge in [0.1, 0.15) is 6.04 Å². The van der Waals surface area contributed by atoms with Gasteiger partial charge in [-0.25, -0.2) is 9.59 Å². The number of morpholine rings is 1. The smallest absolute Gasteiger partial charge is 0.326 e. The Kier molecular flexibility index (Phi) is 4.22. The molecule has 0 bridgehead atoms. The van der Waals surface area contributed by atoms with Crippen LogP contribution < -0.4 is 5.32 Å². The van der Waals surface area contributed by atoms with E-state index in [1.165, 1.54) is 0 Å². The number of nitrogens with zero attached hydrogens (tertiary/aromatic N) is 1. The maximum Gasteiger partial charge on any atom is 0.326 e. The van der Waals surface area contributed by atoms with Crippen molar-refractivity contribution in [2.75, 3.05) is 13.2 Å². The largest absolute Gasteiger partial charge is 0.480 e. The summed E-state index contributed by atoms with van der Waals surface area (Å²) in [6.07, 6.45) is 3.09. The highest BCUT2D eigenvalue weighted by atomic mass is 16.5. The molecule has 20 heavy (non-hydrogen) atoms. The molecule has 2 N–H and O–H groups in total. The molecule has 2 fully saturated rings. The summed E-state index contributed by atoms with van der Waals surface area (Å²) < 4.78 is 5.66. The second-order valence-electron chi connectivity index (χ2n) is 6.69. The van der Waals surface area contributed by atoms with Crippen molar-refractivity contribution in [3.05, 3.63) is 0 Å². The van der Waals surface area contributed by atoms with E-state index in [1.807, 2.05) is 20.8 Å². The van der Waals surface area contributed by atoms with Crippen LogP contribution >= 0.6 is 0 Å². The lowest BCUT2D eigenvalue weighted by Gasteiger charge is -2.39. The molecule has 6 heteroatoms. The monoisotopic (exact) mass is 284 g/mol. The van der Waals surface area contributed by atoms with Gasteiger partial charge in [0.15, 0.2) is 0 Å². The van der Waals surface area contributed by atoms with Gasteiger partial charge in [-0.2, -0.15) is 0 Å². The number of ether oxygens (including phenoxy) is 1. The van der Waals surface area contributed by atoms with Gasteiger partial charge in [0.05, 0.1) is 18.8 Å². The number of aliphatic carboxylic acids is 1. The summed E-state index contributed by atoms with van der Waals surface area (Å²) in [4.78, 5) is 25.5. The molecule has 6 nitrogen and oxygen atoms in total. The molecule has 2 amide bonds. The number of amides is 2. The summed E-state index contributed by atoms with van der Waals surface area (Å²) in [7, 11) is 0.